The second-order valence-electron chi connectivity index (χ2n) is 5.25. The number of carbonyl (C=O) groups excluding carboxylic acids is 1. The van der Waals surface area contributed by atoms with Crippen LogP contribution in [0.5, 0.6) is 11.5 Å². The lowest BCUT2D eigenvalue weighted by Gasteiger charge is -2.28. The normalized spacial score (nSPS) is 12.9. The van der Waals surface area contributed by atoms with Gasteiger partial charge in [0.2, 0.25) is 0 Å². The average Bonchev–Trinajstić information content (AvgIpc) is 2.29. The largest absolute Gasteiger partial charge is 0.508 e. The van der Waals surface area contributed by atoms with Crippen molar-refractivity contribution in [3.05, 3.63) is 24.3 Å². The van der Waals surface area contributed by atoms with E-state index >= 15 is 0 Å². The molecule has 0 radical (unpaired) electrons. The molecule has 100 valence electrons. The predicted octanol–water partition coefficient (Wildman–Crippen LogP) is 2.61. The van der Waals surface area contributed by atoms with Gasteiger partial charge in [0.15, 0.2) is 0 Å². The molecular weight excluding hydrogens is 232 g/mol. The Morgan fingerprint density at radius 1 is 1.28 bits per heavy atom. The Labute approximate surface area is 108 Å². The van der Waals surface area contributed by atoms with E-state index in [9.17, 15) is 4.79 Å². The summed E-state index contributed by atoms with van der Waals surface area (Å²) in [5.41, 5.74) is -0.232. The zero-order valence-electron chi connectivity index (χ0n) is 11.3. The first kappa shape index (κ1) is 14.4. The van der Waals surface area contributed by atoms with Gasteiger partial charge in [-0.15, -0.1) is 0 Å². The maximum Gasteiger partial charge on any atom is 0.312 e. The van der Waals surface area contributed by atoms with Crippen LogP contribution in [0.3, 0.4) is 0 Å². The molecule has 0 spiro atoms. The monoisotopic (exact) mass is 252 g/mol. The standard InChI is InChI=1S/C14H20O4/c1-14(2,3)12(13(16)17-4)9-18-11-7-5-10(15)6-8-11/h5-8,12,15H,9H2,1-4H3. The third kappa shape index (κ3) is 3.95. The molecule has 1 rings (SSSR count). The van der Waals surface area contributed by atoms with E-state index in [1.54, 1.807) is 24.3 Å². The summed E-state index contributed by atoms with van der Waals surface area (Å²) in [6.45, 7) is 6.15. The SMILES string of the molecule is COC(=O)C(COc1ccc(O)cc1)C(C)(C)C. The third-order valence-electron chi connectivity index (χ3n) is 2.78. The highest BCUT2D eigenvalue weighted by atomic mass is 16.5. The molecule has 1 aromatic rings. The molecule has 1 atom stereocenters. The van der Waals surface area contributed by atoms with E-state index in [0.717, 1.165) is 0 Å². The number of hydrogen-bond donors (Lipinski definition) is 1. The number of phenolic OH excluding ortho intramolecular Hbond substituents is 1. The molecule has 4 heteroatoms. The summed E-state index contributed by atoms with van der Waals surface area (Å²) >= 11 is 0. The van der Waals surface area contributed by atoms with E-state index < -0.39 is 0 Å². The van der Waals surface area contributed by atoms with Crippen molar-refractivity contribution in [2.24, 2.45) is 11.3 Å². The van der Waals surface area contributed by atoms with Crippen molar-refractivity contribution in [1.82, 2.24) is 0 Å². The molecule has 1 N–H and O–H groups in total. The minimum atomic E-state index is -0.337. The summed E-state index contributed by atoms with van der Waals surface area (Å²) < 4.78 is 10.3. The summed E-state index contributed by atoms with van der Waals surface area (Å²) in [6, 6.07) is 6.40. The van der Waals surface area contributed by atoms with E-state index in [1.807, 2.05) is 20.8 Å². The van der Waals surface area contributed by atoms with Gasteiger partial charge in [0.25, 0.3) is 0 Å². The number of carbonyl (C=O) groups is 1. The van der Waals surface area contributed by atoms with Crippen molar-refractivity contribution < 1.29 is 19.4 Å². The molecule has 0 aliphatic heterocycles. The fourth-order valence-corrected chi connectivity index (χ4v) is 1.54. The van der Waals surface area contributed by atoms with Gasteiger partial charge < -0.3 is 14.6 Å². The van der Waals surface area contributed by atoms with Crippen LogP contribution in [0.25, 0.3) is 0 Å². The minimum Gasteiger partial charge on any atom is -0.508 e. The smallest absolute Gasteiger partial charge is 0.312 e. The van der Waals surface area contributed by atoms with Crippen LogP contribution in [-0.2, 0) is 9.53 Å². The van der Waals surface area contributed by atoms with Gasteiger partial charge in [-0.25, -0.2) is 0 Å². The molecule has 0 saturated heterocycles. The van der Waals surface area contributed by atoms with Gasteiger partial charge in [0.1, 0.15) is 18.1 Å². The molecule has 0 amide bonds. The van der Waals surface area contributed by atoms with Crippen LogP contribution >= 0.6 is 0 Å². The molecule has 0 heterocycles. The Morgan fingerprint density at radius 3 is 2.28 bits per heavy atom. The number of hydrogen-bond acceptors (Lipinski definition) is 4. The van der Waals surface area contributed by atoms with Crippen LogP contribution in [-0.4, -0.2) is 24.8 Å². The van der Waals surface area contributed by atoms with Gasteiger partial charge >= 0.3 is 5.97 Å². The second kappa shape index (κ2) is 5.76. The van der Waals surface area contributed by atoms with Crippen molar-refractivity contribution in [3.8, 4) is 11.5 Å². The second-order valence-corrected chi connectivity index (χ2v) is 5.25. The summed E-state index contributed by atoms with van der Waals surface area (Å²) in [5, 5.41) is 9.16. The predicted molar refractivity (Wildman–Crippen MR) is 68.6 cm³/mol. The number of ether oxygens (including phenoxy) is 2. The van der Waals surface area contributed by atoms with E-state index in [0.29, 0.717) is 5.75 Å². The fourth-order valence-electron chi connectivity index (χ4n) is 1.54. The lowest BCUT2D eigenvalue weighted by Crippen LogP contribution is -2.34. The van der Waals surface area contributed by atoms with Crippen molar-refractivity contribution in [2.75, 3.05) is 13.7 Å². The topological polar surface area (TPSA) is 55.8 Å². The number of esters is 1. The Hall–Kier alpha value is -1.71. The molecule has 4 nitrogen and oxygen atoms in total. The van der Waals surface area contributed by atoms with E-state index in [2.05, 4.69) is 0 Å². The summed E-state index contributed by atoms with van der Waals surface area (Å²) in [7, 11) is 1.38. The Balaban J connectivity index is 2.68. The molecule has 0 fully saturated rings. The highest BCUT2D eigenvalue weighted by Gasteiger charge is 2.32. The molecule has 0 bridgehead atoms. The van der Waals surface area contributed by atoms with Gasteiger partial charge in [0, 0.05) is 0 Å². The number of benzene rings is 1. The number of methoxy groups -OCH3 is 1. The van der Waals surface area contributed by atoms with Crippen LogP contribution in [0.1, 0.15) is 20.8 Å². The molecule has 0 aliphatic rings. The molecule has 0 aliphatic carbocycles. The Kier molecular flexibility index (Phi) is 4.59. The molecule has 1 aromatic carbocycles. The first-order valence-electron chi connectivity index (χ1n) is 5.84. The third-order valence-corrected chi connectivity index (χ3v) is 2.78. The van der Waals surface area contributed by atoms with Crippen LogP contribution in [0.4, 0.5) is 0 Å². The Bertz CT molecular complexity index is 389. The zero-order chi connectivity index (χ0) is 13.8. The fraction of sp³-hybridized carbons (Fsp3) is 0.500. The maximum absolute atomic E-state index is 11.7. The van der Waals surface area contributed by atoms with Gasteiger partial charge in [-0.1, -0.05) is 20.8 Å². The molecule has 0 aromatic heterocycles. The summed E-state index contributed by atoms with van der Waals surface area (Å²) in [5.74, 6) is 0.186. The van der Waals surface area contributed by atoms with Gasteiger partial charge in [0.05, 0.1) is 13.0 Å². The molecule has 0 saturated carbocycles. The van der Waals surface area contributed by atoms with Crippen molar-refractivity contribution in [3.63, 3.8) is 0 Å². The van der Waals surface area contributed by atoms with Crippen LogP contribution < -0.4 is 4.74 Å². The molecular formula is C14H20O4. The highest BCUT2D eigenvalue weighted by Crippen LogP contribution is 2.28. The van der Waals surface area contributed by atoms with E-state index in [1.165, 1.54) is 7.11 Å². The zero-order valence-corrected chi connectivity index (χ0v) is 11.3. The van der Waals surface area contributed by atoms with E-state index in [4.69, 9.17) is 14.6 Å². The van der Waals surface area contributed by atoms with Crippen molar-refractivity contribution in [1.29, 1.82) is 0 Å². The van der Waals surface area contributed by atoms with Crippen molar-refractivity contribution in [2.45, 2.75) is 20.8 Å². The average molecular weight is 252 g/mol. The van der Waals surface area contributed by atoms with Gasteiger partial charge in [-0.05, 0) is 29.7 Å². The highest BCUT2D eigenvalue weighted by molar-refractivity contribution is 5.73. The quantitative estimate of drug-likeness (QED) is 0.837. The van der Waals surface area contributed by atoms with E-state index in [-0.39, 0.29) is 29.7 Å². The lowest BCUT2D eigenvalue weighted by atomic mass is 9.81. The summed E-state index contributed by atoms with van der Waals surface area (Å²) in [4.78, 5) is 11.7. The van der Waals surface area contributed by atoms with Gasteiger partial charge in [-0.2, -0.15) is 0 Å². The number of phenols is 1. The number of rotatable bonds is 4. The first-order valence-corrected chi connectivity index (χ1v) is 5.84. The number of aromatic hydroxyl groups is 1. The first-order chi connectivity index (χ1) is 8.34. The minimum absolute atomic E-state index is 0.183. The maximum atomic E-state index is 11.7. The lowest BCUT2D eigenvalue weighted by molar-refractivity contribution is -0.150. The Morgan fingerprint density at radius 2 is 1.83 bits per heavy atom. The van der Waals surface area contributed by atoms with Crippen molar-refractivity contribution >= 4 is 5.97 Å². The molecule has 1 unspecified atom stereocenters. The van der Waals surface area contributed by atoms with Crippen LogP contribution in [0.15, 0.2) is 24.3 Å². The van der Waals surface area contributed by atoms with Crippen LogP contribution in [0.2, 0.25) is 0 Å². The summed E-state index contributed by atoms with van der Waals surface area (Å²) in [6.07, 6.45) is 0. The molecule has 18 heavy (non-hydrogen) atoms. The van der Waals surface area contributed by atoms with Gasteiger partial charge in [-0.3, -0.25) is 4.79 Å². The van der Waals surface area contributed by atoms with Crippen LogP contribution in [0, 0.1) is 11.3 Å².